The second kappa shape index (κ2) is 9.84. The molecular weight excluding hydrogens is 222 g/mol. The summed E-state index contributed by atoms with van der Waals surface area (Å²) in [5, 5.41) is 11.9. The molecular formula is C12H21NO4. The Balaban J connectivity index is 3.93. The summed E-state index contributed by atoms with van der Waals surface area (Å²) in [6.07, 6.45) is 3.58. The van der Waals surface area contributed by atoms with E-state index in [1.165, 1.54) is 6.08 Å². The number of carboxylic acids is 1. The molecule has 17 heavy (non-hydrogen) atoms. The number of carbonyl (C=O) groups excluding carboxylic acids is 1. The highest BCUT2D eigenvalue weighted by atomic mass is 16.5. The predicted octanol–water partition coefficient (Wildman–Crippen LogP) is 1.20. The second-order valence-electron chi connectivity index (χ2n) is 3.81. The first-order valence-corrected chi connectivity index (χ1v) is 5.75. The van der Waals surface area contributed by atoms with E-state index in [4.69, 9.17) is 9.84 Å². The highest BCUT2D eigenvalue weighted by Gasteiger charge is 2.21. The van der Waals surface area contributed by atoms with E-state index in [0.29, 0.717) is 6.42 Å². The van der Waals surface area contributed by atoms with Crippen molar-refractivity contribution in [3.05, 3.63) is 12.7 Å². The third kappa shape index (κ3) is 8.45. The quantitative estimate of drug-likeness (QED) is 0.342. The maximum absolute atomic E-state index is 11.3. The number of esters is 1. The molecule has 1 atom stereocenters. The van der Waals surface area contributed by atoms with E-state index in [9.17, 15) is 9.59 Å². The molecule has 5 nitrogen and oxygen atoms in total. The number of ether oxygens (including phenoxy) is 1. The van der Waals surface area contributed by atoms with E-state index in [1.54, 1.807) is 0 Å². The monoisotopic (exact) mass is 243 g/mol. The molecule has 0 aromatic rings. The number of aliphatic carboxylic acids is 1. The fourth-order valence-electron chi connectivity index (χ4n) is 1.42. The Hall–Kier alpha value is -1.36. The molecule has 0 aliphatic carbocycles. The fourth-order valence-corrected chi connectivity index (χ4v) is 1.42. The van der Waals surface area contributed by atoms with Crippen molar-refractivity contribution in [1.82, 2.24) is 5.32 Å². The zero-order chi connectivity index (χ0) is 13.1. The number of unbranched alkanes of at least 4 members (excludes halogenated alkanes) is 1. The molecule has 98 valence electrons. The van der Waals surface area contributed by atoms with E-state index >= 15 is 0 Å². The van der Waals surface area contributed by atoms with Crippen molar-refractivity contribution in [2.75, 3.05) is 20.2 Å². The fraction of sp³-hybridized carbons (Fsp3) is 0.667. The lowest BCUT2D eigenvalue weighted by atomic mass is 9.98. The van der Waals surface area contributed by atoms with Gasteiger partial charge in [0.15, 0.2) is 0 Å². The largest absolute Gasteiger partial charge is 0.481 e. The van der Waals surface area contributed by atoms with Gasteiger partial charge in [0.25, 0.3) is 0 Å². The molecule has 0 amide bonds. The van der Waals surface area contributed by atoms with Gasteiger partial charge in [-0.25, -0.2) is 0 Å². The van der Waals surface area contributed by atoms with Gasteiger partial charge >= 0.3 is 11.9 Å². The van der Waals surface area contributed by atoms with Gasteiger partial charge < -0.3 is 15.2 Å². The van der Waals surface area contributed by atoms with Crippen molar-refractivity contribution in [3.63, 3.8) is 0 Å². The van der Waals surface area contributed by atoms with Crippen molar-refractivity contribution in [3.8, 4) is 0 Å². The number of hydrogen-bond acceptors (Lipinski definition) is 4. The Bertz CT molecular complexity index is 253. The van der Waals surface area contributed by atoms with Crippen molar-refractivity contribution >= 4 is 11.9 Å². The first-order valence-electron chi connectivity index (χ1n) is 5.75. The third-order valence-electron chi connectivity index (χ3n) is 2.35. The molecule has 0 aliphatic heterocycles. The summed E-state index contributed by atoms with van der Waals surface area (Å²) in [5.41, 5.74) is 0. The number of rotatable bonds is 10. The zero-order valence-electron chi connectivity index (χ0n) is 10.3. The zero-order valence-corrected chi connectivity index (χ0v) is 10.3. The molecule has 0 spiro atoms. The van der Waals surface area contributed by atoms with Gasteiger partial charge in [-0.05, 0) is 26.4 Å². The number of hydrogen-bond donors (Lipinski definition) is 2. The van der Waals surface area contributed by atoms with Gasteiger partial charge in [0, 0.05) is 0 Å². The summed E-state index contributed by atoms with van der Waals surface area (Å²) >= 11 is 0. The summed E-state index contributed by atoms with van der Waals surface area (Å²) in [6.45, 7) is 4.40. The van der Waals surface area contributed by atoms with Crippen LogP contribution in [-0.4, -0.2) is 37.2 Å². The molecule has 0 aromatic heterocycles. The number of nitrogens with one attached hydrogen (secondary N) is 1. The molecule has 0 aliphatic rings. The van der Waals surface area contributed by atoms with Gasteiger partial charge in [-0.2, -0.15) is 0 Å². The average Bonchev–Trinajstić information content (AvgIpc) is 2.30. The Labute approximate surface area is 102 Å². The molecule has 0 heterocycles. The van der Waals surface area contributed by atoms with Crippen LogP contribution in [0.25, 0.3) is 0 Å². The SMILES string of the molecule is C=CCOC(=O)C[C@@H](CCCCNC)C(=O)O. The van der Waals surface area contributed by atoms with Crippen LogP contribution in [-0.2, 0) is 14.3 Å². The molecule has 0 radical (unpaired) electrons. The van der Waals surface area contributed by atoms with Crippen molar-refractivity contribution in [1.29, 1.82) is 0 Å². The molecule has 0 fully saturated rings. The summed E-state index contributed by atoms with van der Waals surface area (Å²) in [7, 11) is 1.85. The van der Waals surface area contributed by atoms with Gasteiger partial charge in [0.2, 0.25) is 0 Å². The smallest absolute Gasteiger partial charge is 0.307 e. The van der Waals surface area contributed by atoms with Crippen molar-refractivity contribution in [2.24, 2.45) is 5.92 Å². The molecule has 0 unspecified atom stereocenters. The lowest BCUT2D eigenvalue weighted by Gasteiger charge is -2.11. The van der Waals surface area contributed by atoms with Gasteiger partial charge in [0.05, 0.1) is 12.3 Å². The van der Waals surface area contributed by atoms with E-state index in [1.807, 2.05) is 7.05 Å². The highest BCUT2D eigenvalue weighted by molar-refractivity contribution is 5.78. The van der Waals surface area contributed by atoms with E-state index in [-0.39, 0.29) is 13.0 Å². The first kappa shape index (κ1) is 15.6. The van der Waals surface area contributed by atoms with Crippen LogP contribution >= 0.6 is 0 Å². The maximum atomic E-state index is 11.3. The molecule has 0 saturated carbocycles. The Morgan fingerprint density at radius 2 is 2.18 bits per heavy atom. The minimum atomic E-state index is -0.940. The molecule has 0 saturated heterocycles. The molecule has 5 heteroatoms. The Kier molecular flexibility index (Phi) is 9.05. The summed E-state index contributed by atoms with van der Waals surface area (Å²) in [6, 6.07) is 0. The van der Waals surface area contributed by atoms with Crippen LogP contribution in [0.15, 0.2) is 12.7 Å². The maximum Gasteiger partial charge on any atom is 0.307 e. The molecule has 0 rings (SSSR count). The van der Waals surface area contributed by atoms with E-state index in [2.05, 4.69) is 11.9 Å². The van der Waals surface area contributed by atoms with Crippen LogP contribution in [0.2, 0.25) is 0 Å². The van der Waals surface area contributed by atoms with Crippen molar-refractivity contribution in [2.45, 2.75) is 25.7 Å². The summed E-state index contributed by atoms with van der Waals surface area (Å²) in [5.74, 6) is -2.07. The minimum Gasteiger partial charge on any atom is -0.481 e. The van der Waals surface area contributed by atoms with Crippen LogP contribution in [0.1, 0.15) is 25.7 Å². The third-order valence-corrected chi connectivity index (χ3v) is 2.35. The molecule has 0 aromatic carbocycles. The first-order chi connectivity index (χ1) is 8.11. The Morgan fingerprint density at radius 3 is 2.71 bits per heavy atom. The van der Waals surface area contributed by atoms with Crippen LogP contribution in [0.3, 0.4) is 0 Å². The van der Waals surface area contributed by atoms with Crippen LogP contribution in [0.5, 0.6) is 0 Å². The topological polar surface area (TPSA) is 75.6 Å². The highest BCUT2D eigenvalue weighted by Crippen LogP contribution is 2.14. The van der Waals surface area contributed by atoms with E-state index in [0.717, 1.165) is 19.4 Å². The standard InChI is InChI=1S/C12H21NO4/c1-3-8-17-11(14)9-10(12(15)16)6-4-5-7-13-2/h3,10,13H,1,4-9H2,2H3,(H,15,16)/t10-/m1/s1. The van der Waals surface area contributed by atoms with Gasteiger partial charge in [-0.15, -0.1) is 0 Å². The van der Waals surface area contributed by atoms with Gasteiger partial charge in [-0.1, -0.05) is 19.1 Å². The average molecular weight is 243 g/mol. The van der Waals surface area contributed by atoms with Crippen LogP contribution in [0, 0.1) is 5.92 Å². The normalized spacial score (nSPS) is 11.8. The van der Waals surface area contributed by atoms with Crippen LogP contribution in [0.4, 0.5) is 0 Å². The van der Waals surface area contributed by atoms with E-state index < -0.39 is 17.9 Å². The Morgan fingerprint density at radius 1 is 1.47 bits per heavy atom. The molecule has 0 bridgehead atoms. The lowest BCUT2D eigenvalue weighted by Crippen LogP contribution is -2.20. The lowest BCUT2D eigenvalue weighted by molar-refractivity contribution is -0.151. The summed E-state index contributed by atoms with van der Waals surface area (Å²) < 4.78 is 4.77. The molecule has 2 N–H and O–H groups in total. The predicted molar refractivity (Wildman–Crippen MR) is 64.7 cm³/mol. The summed E-state index contributed by atoms with van der Waals surface area (Å²) in [4.78, 5) is 22.2. The van der Waals surface area contributed by atoms with Gasteiger partial charge in [-0.3, -0.25) is 9.59 Å². The van der Waals surface area contributed by atoms with Gasteiger partial charge in [0.1, 0.15) is 6.61 Å². The van der Waals surface area contributed by atoms with Crippen molar-refractivity contribution < 1.29 is 19.4 Å². The second-order valence-corrected chi connectivity index (χ2v) is 3.81. The number of carbonyl (C=O) groups is 2. The number of carboxylic acid groups (broad SMARTS) is 1. The minimum absolute atomic E-state index is 0.0667. The van der Waals surface area contributed by atoms with Crippen LogP contribution < -0.4 is 5.32 Å².